The predicted molar refractivity (Wildman–Crippen MR) is 66.5 cm³/mol. The molecule has 18 heavy (non-hydrogen) atoms. The summed E-state index contributed by atoms with van der Waals surface area (Å²) in [5.41, 5.74) is 0. The normalized spacial score (nSPS) is 19.7. The van der Waals surface area contributed by atoms with Crippen LogP contribution in [0.1, 0.15) is 19.8 Å². The van der Waals surface area contributed by atoms with Crippen molar-refractivity contribution in [1.29, 1.82) is 0 Å². The van der Waals surface area contributed by atoms with Gasteiger partial charge in [0.05, 0.1) is 6.61 Å². The van der Waals surface area contributed by atoms with Gasteiger partial charge in [0.1, 0.15) is 6.54 Å². The molecule has 6 heteroatoms. The highest BCUT2D eigenvalue weighted by Gasteiger charge is 2.26. The summed E-state index contributed by atoms with van der Waals surface area (Å²) in [7, 11) is 1.53. The Bertz CT molecular complexity index is 296. The Morgan fingerprint density at radius 1 is 1.50 bits per heavy atom. The van der Waals surface area contributed by atoms with Crippen molar-refractivity contribution >= 4 is 12.0 Å². The summed E-state index contributed by atoms with van der Waals surface area (Å²) in [4.78, 5) is 26.1. The van der Waals surface area contributed by atoms with Gasteiger partial charge in [-0.15, -0.1) is 0 Å². The van der Waals surface area contributed by atoms with E-state index in [1.54, 1.807) is 4.90 Å². The van der Waals surface area contributed by atoms with Crippen LogP contribution in [0.4, 0.5) is 4.79 Å². The number of carbonyl (C=O) groups is 2. The van der Waals surface area contributed by atoms with Crippen LogP contribution in [0, 0.1) is 5.92 Å². The number of hydrogen-bond acceptors (Lipinski definition) is 3. The van der Waals surface area contributed by atoms with E-state index >= 15 is 0 Å². The van der Waals surface area contributed by atoms with Crippen LogP contribution in [-0.4, -0.2) is 66.8 Å². The Labute approximate surface area is 107 Å². The molecule has 0 aromatic rings. The van der Waals surface area contributed by atoms with Crippen LogP contribution in [0.5, 0.6) is 0 Å². The fraction of sp³-hybridized carbons (Fsp3) is 0.833. The van der Waals surface area contributed by atoms with E-state index < -0.39 is 5.97 Å². The lowest BCUT2D eigenvalue weighted by molar-refractivity contribution is -0.137. The number of nitrogens with zero attached hydrogens (tertiary/aromatic N) is 2. The zero-order valence-electron chi connectivity index (χ0n) is 11.1. The van der Waals surface area contributed by atoms with E-state index in [1.807, 2.05) is 0 Å². The Hall–Kier alpha value is -1.30. The summed E-state index contributed by atoms with van der Waals surface area (Å²) < 4.78 is 4.91. The van der Waals surface area contributed by atoms with Gasteiger partial charge in [-0.25, -0.2) is 4.79 Å². The molecule has 0 aromatic heterocycles. The van der Waals surface area contributed by atoms with E-state index in [-0.39, 0.29) is 12.6 Å². The van der Waals surface area contributed by atoms with Crippen molar-refractivity contribution in [3.05, 3.63) is 0 Å². The lowest BCUT2D eigenvalue weighted by Gasteiger charge is -2.34. The Morgan fingerprint density at radius 3 is 2.78 bits per heavy atom. The van der Waals surface area contributed by atoms with Crippen LogP contribution < -0.4 is 0 Å². The SMILES string of the molecule is COCCN(CC(=O)O)C(=O)N1CCCC(C)C1. The third-order valence-corrected chi connectivity index (χ3v) is 3.09. The number of aliphatic carboxylic acids is 1. The summed E-state index contributed by atoms with van der Waals surface area (Å²) in [6, 6.07) is -0.194. The first kappa shape index (κ1) is 14.8. The summed E-state index contributed by atoms with van der Waals surface area (Å²) in [5, 5.41) is 8.83. The molecule has 1 atom stereocenters. The predicted octanol–water partition coefficient (Wildman–Crippen LogP) is 0.871. The van der Waals surface area contributed by atoms with Crippen molar-refractivity contribution in [3.63, 3.8) is 0 Å². The molecule has 0 radical (unpaired) electrons. The topological polar surface area (TPSA) is 70.1 Å². The van der Waals surface area contributed by atoms with Crippen molar-refractivity contribution in [1.82, 2.24) is 9.80 Å². The molecule has 6 nitrogen and oxygen atoms in total. The number of hydrogen-bond donors (Lipinski definition) is 1. The second-order valence-corrected chi connectivity index (χ2v) is 4.78. The second-order valence-electron chi connectivity index (χ2n) is 4.78. The molecule has 0 saturated carbocycles. The van der Waals surface area contributed by atoms with Crippen LogP contribution in [0.15, 0.2) is 0 Å². The van der Waals surface area contributed by atoms with Gasteiger partial charge in [-0.1, -0.05) is 6.92 Å². The number of rotatable bonds is 5. The maximum Gasteiger partial charge on any atom is 0.323 e. The van der Waals surface area contributed by atoms with Crippen molar-refractivity contribution in [2.24, 2.45) is 5.92 Å². The molecule has 1 aliphatic rings. The van der Waals surface area contributed by atoms with Gasteiger partial charge >= 0.3 is 12.0 Å². The number of methoxy groups -OCH3 is 1. The van der Waals surface area contributed by atoms with Crippen LogP contribution >= 0.6 is 0 Å². The number of carbonyl (C=O) groups excluding carboxylic acids is 1. The molecule has 1 heterocycles. The first-order chi connectivity index (χ1) is 8.54. The molecule has 1 unspecified atom stereocenters. The van der Waals surface area contributed by atoms with E-state index in [4.69, 9.17) is 9.84 Å². The van der Waals surface area contributed by atoms with Crippen molar-refractivity contribution in [2.75, 3.05) is 39.9 Å². The second kappa shape index (κ2) is 7.20. The average molecular weight is 258 g/mol. The number of carboxylic acid groups (broad SMARTS) is 1. The molecule has 0 aliphatic carbocycles. The average Bonchev–Trinajstić information content (AvgIpc) is 2.33. The minimum absolute atomic E-state index is 0.194. The summed E-state index contributed by atoms with van der Waals surface area (Å²) in [6.45, 7) is 3.92. The Balaban J connectivity index is 2.58. The monoisotopic (exact) mass is 258 g/mol. The van der Waals surface area contributed by atoms with Crippen molar-refractivity contribution in [3.8, 4) is 0 Å². The molecule has 1 saturated heterocycles. The van der Waals surface area contributed by atoms with Gasteiger partial charge in [0, 0.05) is 26.7 Å². The summed E-state index contributed by atoms with van der Waals surface area (Å²) in [5.74, 6) is -0.513. The van der Waals surface area contributed by atoms with Gasteiger partial charge in [-0.05, 0) is 18.8 Å². The number of likely N-dealkylation sites (tertiary alicyclic amines) is 1. The zero-order valence-corrected chi connectivity index (χ0v) is 11.1. The lowest BCUT2D eigenvalue weighted by Crippen LogP contribution is -2.49. The van der Waals surface area contributed by atoms with Crippen LogP contribution in [0.3, 0.4) is 0 Å². The van der Waals surface area contributed by atoms with E-state index in [0.29, 0.717) is 32.2 Å². The highest BCUT2D eigenvalue weighted by molar-refractivity contribution is 5.80. The molecule has 1 rings (SSSR count). The first-order valence-corrected chi connectivity index (χ1v) is 6.29. The smallest absolute Gasteiger partial charge is 0.323 e. The first-order valence-electron chi connectivity index (χ1n) is 6.29. The van der Waals surface area contributed by atoms with Crippen molar-refractivity contribution < 1.29 is 19.4 Å². The number of amides is 2. The standard InChI is InChI=1S/C12H22N2O4/c1-10-4-3-5-13(8-10)12(17)14(6-7-18-2)9-11(15)16/h10H,3-9H2,1-2H3,(H,15,16). The van der Waals surface area contributed by atoms with Gasteiger partial charge in [0.25, 0.3) is 0 Å². The Morgan fingerprint density at radius 2 is 2.22 bits per heavy atom. The molecular weight excluding hydrogens is 236 g/mol. The van der Waals surface area contributed by atoms with E-state index in [1.165, 1.54) is 12.0 Å². The fourth-order valence-corrected chi connectivity index (χ4v) is 2.17. The minimum Gasteiger partial charge on any atom is -0.480 e. The van der Waals surface area contributed by atoms with Gasteiger partial charge in [-0.2, -0.15) is 0 Å². The summed E-state index contributed by atoms with van der Waals surface area (Å²) in [6.07, 6.45) is 2.11. The quantitative estimate of drug-likeness (QED) is 0.794. The number of piperidine rings is 1. The largest absolute Gasteiger partial charge is 0.480 e. The number of urea groups is 1. The highest BCUT2D eigenvalue weighted by Crippen LogP contribution is 2.16. The molecule has 104 valence electrons. The third-order valence-electron chi connectivity index (χ3n) is 3.09. The van der Waals surface area contributed by atoms with Gasteiger partial charge in [-0.3, -0.25) is 4.79 Å². The maximum atomic E-state index is 12.2. The van der Waals surface area contributed by atoms with E-state index in [9.17, 15) is 9.59 Å². The van der Waals surface area contributed by atoms with Crippen molar-refractivity contribution in [2.45, 2.75) is 19.8 Å². The maximum absolute atomic E-state index is 12.2. The molecule has 0 bridgehead atoms. The lowest BCUT2D eigenvalue weighted by atomic mass is 10.0. The molecule has 1 aliphatic heterocycles. The van der Waals surface area contributed by atoms with Crippen LogP contribution in [-0.2, 0) is 9.53 Å². The molecular formula is C12H22N2O4. The van der Waals surface area contributed by atoms with Gasteiger partial charge in [0.15, 0.2) is 0 Å². The summed E-state index contributed by atoms with van der Waals surface area (Å²) >= 11 is 0. The van der Waals surface area contributed by atoms with E-state index in [2.05, 4.69) is 6.92 Å². The third kappa shape index (κ3) is 4.52. The van der Waals surface area contributed by atoms with Gasteiger partial charge < -0.3 is 19.6 Å². The highest BCUT2D eigenvalue weighted by atomic mass is 16.5. The fourth-order valence-electron chi connectivity index (χ4n) is 2.17. The zero-order chi connectivity index (χ0) is 13.5. The molecule has 1 N–H and O–H groups in total. The molecule has 2 amide bonds. The van der Waals surface area contributed by atoms with Crippen LogP contribution in [0.2, 0.25) is 0 Å². The van der Waals surface area contributed by atoms with Gasteiger partial charge in [0.2, 0.25) is 0 Å². The molecule has 0 aromatic carbocycles. The van der Waals surface area contributed by atoms with Crippen LogP contribution in [0.25, 0.3) is 0 Å². The number of carboxylic acids is 1. The minimum atomic E-state index is -0.996. The molecule has 1 fully saturated rings. The molecule has 0 spiro atoms. The van der Waals surface area contributed by atoms with E-state index in [0.717, 1.165) is 12.8 Å². The Kier molecular flexibility index (Phi) is 5.91. The number of ether oxygens (including phenoxy) is 1.